The number of aliphatic carboxylic acids is 1. The van der Waals surface area contributed by atoms with Crippen molar-refractivity contribution >= 4 is 29.6 Å². The second-order valence-corrected chi connectivity index (χ2v) is 10.4. The summed E-state index contributed by atoms with van der Waals surface area (Å²) in [5, 5.41) is 18.4. The Morgan fingerprint density at radius 3 is 2.42 bits per heavy atom. The van der Waals surface area contributed by atoms with Crippen LogP contribution in [0, 0.1) is 11.8 Å². The Morgan fingerprint density at radius 2 is 1.78 bits per heavy atom. The number of fused-ring (bicyclic) bond motifs is 1. The highest BCUT2D eigenvalue weighted by Gasteiger charge is 2.60. The average Bonchev–Trinajstić information content (AvgIpc) is 3.31. The van der Waals surface area contributed by atoms with Crippen molar-refractivity contribution in [2.75, 3.05) is 13.1 Å². The number of rotatable bonds is 5. The zero-order chi connectivity index (χ0) is 26.0. The Kier molecular flexibility index (Phi) is 7.33. The van der Waals surface area contributed by atoms with Gasteiger partial charge in [0.2, 0.25) is 11.8 Å². The van der Waals surface area contributed by atoms with E-state index < -0.39 is 35.3 Å². The number of carbonyl (C=O) groups is 5. The fourth-order valence-electron chi connectivity index (χ4n) is 5.80. The molecule has 0 radical (unpaired) electrons. The number of β-lactam (4-membered cyclic amide) rings is 1. The molecule has 3 heterocycles. The van der Waals surface area contributed by atoms with Gasteiger partial charge in [-0.2, -0.15) is 0 Å². The van der Waals surface area contributed by atoms with Crippen LogP contribution < -0.4 is 16.0 Å². The first-order valence-corrected chi connectivity index (χ1v) is 12.7. The third-order valence-corrected chi connectivity index (χ3v) is 7.49. The molecule has 2 saturated heterocycles. The number of carboxylic acid groups (broad SMARTS) is 1. The van der Waals surface area contributed by atoms with E-state index >= 15 is 0 Å². The summed E-state index contributed by atoms with van der Waals surface area (Å²) in [6, 6.07) is 5.00. The van der Waals surface area contributed by atoms with E-state index in [-0.39, 0.29) is 47.9 Å². The zero-order valence-corrected chi connectivity index (χ0v) is 20.7. The first-order chi connectivity index (χ1) is 17.2. The first kappa shape index (κ1) is 25.7. The predicted molar refractivity (Wildman–Crippen MR) is 130 cm³/mol. The molecule has 0 bridgehead atoms. The maximum absolute atomic E-state index is 14.3. The molecule has 36 heavy (non-hydrogen) atoms. The van der Waals surface area contributed by atoms with Gasteiger partial charge in [-0.3, -0.25) is 19.2 Å². The minimum atomic E-state index is -1.63. The van der Waals surface area contributed by atoms with Crippen molar-refractivity contribution < 1.29 is 29.1 Å². The normalized spacial score (nSPS) is 28.8. The molecule has 0 saturated carbocycles. The molecular formula is C26H34N4O6. The van der Waals surface area contributed by atoms with Crippen LogP contribution in [-0.4, -0.2) is 70.3 Å². The molecule has 4 atom stereocenters. The van der Waals surface area contributed by atoms with Crippen LogP contribution in [0.2, 0.25) is 0 Å². The summed E-state index contributed by atoms with van der Waals surface area (Å²) < 4.78 is 0. The van der Waals surface area contributed by atoms with Gasteiger partial charge in [0.25, 0.3) is 11.8 Å². The highest BCUT2D eigenvalue weighted by atomic mass is 16.4. The SMILES string of the molecule is CC(C)CC1NC(=O)C1C1(C(=O)N2CCC[C@H]2C(=O)O)CCCCNC(=O)c2ccccc2C(=O)N1. The van der Waals surface area contributed by atoms with Crippen molar-refractivity contribution in [2.24, 2.45) is 11.8 Å². The standard InChI is InChI=1S/C26H34N4O6/c1-15(2)14-18-20(23(33)28-18)26(25(36)30-13-7-10-19(30)24(34)35)11-5-6-12-27-21(31)16-8-3-4-9-17(16)22(32)29-26/h3-4,8-9,15,18-20H,5-7,10-14H2,1-2H3,(H,27,31)(H,28,33)(H,29,32)(H,34,35)/t18?,19-,20?,26?/m0/s1. The Labute approximate surface area is 210 Å². The Hall–Kier alpha value is -3.43. The molecule has 194 valence electrons. The van der Waals surface area contributed by atoms with E-state index in [0.717, 1.165) is 0 Å². The second-order valence-electron chi connectivity index (χ2n) is 10.4. The topological polar surface area (TPSA) is 145 Å². The summed E-state index contributed by atoms with van der Waals surface area (Å²) in [5.41, 5.74) is -1.35. The van der Waals surface area contributed by atoms with Crippen molar-refractivity contribution in [1.82, 2.24) is 20.9 Å². The van der Waals surface area contributed by atoms with Crippen LogP contribution in [0.15, 0.2) is 24.3 Å². The summed E-state index contributed by atoms with van der Waals surface area (Å²) in [6.07, 6.45) is 2.60. The monoisotopic (exact) mass is 498 g/mol. The van der Waals surface area contributed by atoms with Gasteiger partial charge in [0.15, 0.2) is 0 Å². The van der Waals surface area contributed by atoms with Crippen LogP contribution in [-0.2, 0) is 14.4 Å². The number of hydrogen-bond acceptors (Lipinski definition) is 5. The number of amides is 4. The van der Waals surface area contributed by atoms with Crippen molar-refractivity contribution in [2.45, 2.75) is 70.0 Å². The Balaban J connectivity index is 1.82. The molecule has 1 aromatic carbocycles. The second kappa shape index (κ2) is 10.3. The fourth-order valence-corrected chi connectivity index (χ4v) is 5.80. The predicted octanol–water partition coefficient (Wildman–Crippen LogP) is 1.31. The molecule has 1 aromatic rings. The molecule has 2 fully saturated rings. The van der Waals surface area contributed by atoms with Gasteiger partial charge in [-0.15, -0.1) is 0 Å². The Morgan fingerprint density at radius 1 is 1.08 bits per heavy atom. The smallest absolute Gasteiger partial charge is 0.326 e. The van der Waals surface area contributed by atoms with E-state index in [2.05, 4.69) is 16.0 Å². The first-order valence-electron chi connectivity index (χ1n) is 12.7. The molecule has 4 rings (SSSR count). The van der Waals surface area contributed by atoms with E-state index in [1.54, 1.807) is 18.2 Å². The van der Waals surface area contributed by atoms with Crippen molar-refractivity contribution in [3.8, 4) is 0 Å². The molecule has 3 aliphatic heterocycles. The van der Waals surface area contributed by atoms with Crippen molar-refractivity contribution in [1.29, 1.82) is 0 Å². The van der Waals surface area contributed by atoms with E-state index in [1.807, 2.05) is 13.8 Å². The van der Waals surface area contributed by atoms with E-state index in [1.165, 1.54) is 11.0 Å². The number of nitrogens with one attached hydrogen (secondary N) is 3. The minimum Gasteiger partial charge on any atom is -0.480 e. The zero-order valence-electron chi connectivity index (χ0n) is 20.7. The van der Waals surface area contributed by atoms with Crippen LogP contribution in [0.1, 0.15) is 73.1 Å². The third kappa shape index (κ3) is 4.68. The quantitative estimate of drug-likeness (QED) is 0.451. The molecule has 4 N–H and O–H groups in total. The van der Waals surface area contributed by atoms with Gasteiger partial charge in [0.05, 0.1) is 17.0 Å². The number of nitrogens with zero attached hydrogens (tertiary/aromatic N) is 1. The molecule has 3 unspecified atom stereocenters. The fraction of sp³-hybridized carbons (Fsp3) is 0.577. The van der Waals surface area contributed by atoms with Gasteiger partial charge < -0.3 is 26.0 Å². The van der Waals surface area contributed by atoms with Gasteiger partial charge in [-0.05, 0) is 56.6 Å². The van der Waals surface area contributed by atoms with Crippen LogP contribution in [0.5, 0.6) is 0 Å². The van der Waals surface area contributed by atoms with E-state index in [9.17, 15) is 29.1 Å². The number of likely N-dealkylation sites (tertiary alicyclic amines) is 1. The molecule has 10 nitrogen and oxygen atoms in total. The maximum Gasteiger partial charge on any atom is 0.326 e. The number of hydrogen-bond donors (Lipinski definition) is 4. The van der Waals surface area contributed by atoms with Gasteiger partial charge in [0.1, 0.15) is 11.6 Å². The minimum absolute atomic E-state index is 0.102. The van der Waals surface area contributed by atoms with Gasteiger partial charge in [-0.1, -0.05) is 26.0 Å². The molecule has 4 amide bonds. The molecule has 10 heteroatoms. The number of carboxylic acids is 1. The van der Waals surface area contributed by atoms with Gasteiger partial charge >= 0.3 is 5.97 Å². The lowest BCUT2D eigenvalue weighted by Crippen LogP contribution is -2.76. The third-order valence-electron chi connectivity index (χ3n) is 7.49. The lowest BCUT2D eigenvalue weighted by molar-refractivity contribution is -0.158. The summed E-state index contributed by atoms with van der Waals surface area (Å²) in [7, 11) is 0. The number of benzene rings is 1. The average molecular weight is 499 g/mol. The highest BCUT2D eigenvalue weighted by Crippen LogP contribution is 2.39. The number of carbonyl (C=O) groups excluding carboxylic acids is 4. The van der Waals surface area contributed by atoms with Gasteiger partial charge in [-0.25, -0.2) is 4.79 Å². The molecule has 0 aromatic heterocycles. The highest BCUT2D eigenvalue weighted by molar-refractivity contribution is 6.10. The Bertz CT molecular complexity index is 1070. The summed E-state index contributed by atoms with van der Waals surface area (Å²) in [4.78, 5) is 67.1. The van der Waals surface area contributed by atoms with Gasteiger partial charge in [0, 0.05) is 19.1 Å². The largest absolute Gasteiger partial charge is 0.480 e. The van der Waals surface area contributed by atoms with Crippen molar-refractivity contribution in [3.05, 3.63) is 35.4 Å². The van der Waals surface area contributed by atoms with Crippen LogP contribution in [0.4, 0.5) is 0 Å². The maximum atomic E-state index is 14.3. The van der Waals surface area contributed by atoms with Crippen molar-refractivity contribution in [3.63, 3.8) is 0 Å². The molecular weight excluding hydrogens is 464 g/mol. The lowest BCUT2D eigenvalue weighted by Gasteiger charge is -2.50. The molecule has 3 aliphatic rings. The van der Waals surface area contributed by atoms with Crippen LogP contribution in [0.3, 0.4) is 0 Å². The summed E-state index contributed by atoms with van der Waals surface area (Å²) in [5.74, 6) is -3.61. The lowest BCUT2D eigenvalue weighted by atomic mass is 9.67. The summed E-state index contributed by atoms with van der Waals surface area (Å²) in [6.45, 7) is 4.62. The van der Waals surface area contributed by atoms with Crippen LogP contribution >= 0.6 is 0 Å². The summed E-state index contributed by atoms with van der Waals surface area (Å²) >= 11 is 0. The van der Waals surface area contributed by atoms with E-state index in [0.29, 0.717) is 38.6 Å². The van der Waals surface area contributed by atoms with Crippen LogP contribution in [0.25, 0.3) is 0 Å². The molecule has 0 spiro atoms. The molecule has 0 aliphatic carbocycles. The van der Waals surface area contributed by atoms with E-state index in [4.69, 9.17) is 0 Å².